The van der Waals surface area contributed by atoms with Gasteiger partial charge in [-0.1, -0.05) is 48.5 Å². The quantitative estimate of drug-likeness (QED) is 0.571. The fourth-order valence-electron chi connectivity index (χ4n) is 3.42. The summed E-state index contributed by atoms with van der Waals surface area (Å²) in [5.41, 5.74) is 5.19. The van der Waals surface area contributed by atoms with Crippen LogP contribution in [-0.4, -0.2) is 21.7 Å². The summed E-state index contributed by atoms with van der Waals surface area (Å²) in [6.07, 6.45) is 0. The van der Waals surface area contributed by atoms with E-state index in [2.05, 4.69) is 54.0 Å². The molecule has 0 aliphatic heterocycles. The standard InChI is InChI=1S/C20H18BNO2/c1-2-22-19-6-4-3-5-17(19)18-13-15(9-12-20(18)22)14-7-10-16(11-8-14)21(23)24/h3-13,23-24H,2H2,1H3. The Labute approximate surface area is 140 Å². The molecule has 0 saturated carbocycles. The maximum atomic E-state index is 9.23. The Balaban J connectivity index is 1.90. The molecule has 4 rings (SSSR count). The van der Waals surface area contributed by atoms with Crippen molar-refractivity contribution in [2.24, 2.45) is 0 Å². The van der Waals surface area contributed by atoms with Crippen molar-refractivity contribution < 1.29 is 10.0 Å². The molecule has 0 aliphatic carbocycles. The number of aryl methyl sites for hydroxylation is 1. The molecule has 1 heterocycles. The summed E-state index contributed by atoms with van der Waals surface area (Å²) in [7, 11) is -1.43. The second-order valence-corrected chi connectivity index (χ2v) is 5.99. The predicted octanol–water partition coefficient (Wildman–Crippen LogP) is 3.16. The molecule has 1 aromatic heterocycles. The molecule has 4 aromatic rings. The van der Waals surface area contributed by atoms with Crippen molar-refractivity contribution in [2.75, 3.05) is 0 Å². The Bertz CT molecular complexity index is 1020. The third-order valence-electron chi connectivity index (χ3n) is 4.63. The number of fused-ring (bicyclic) bond motifs is 3. The van der Waals surface area contributed by atoms with Gasteiger partial charge < -0.3 is 14.6 Å². The predicted molar refractivity (Wildman–Crippen MR) is 100 cm³/mol. The van der Waals surface area contributed by atoms with Crippen LogP contribution in [0.2, 0.25) is 0 Å². The normalized spacial score (nSPS) is 11.3. The van der Waals surface area contributed by atoms with E-state index in [1.807, 2.05) is 12.1 Å². The smallest absolute Gasteiger partial charge is 0.423 e. The molecule has 0 fully saturated rings. The van der Waals surface area contributed by atoms with Crippen molar-refractivity contribution in [3.8, 4) is 11.1 Å². The summed E-state index contributed by atoms with van der Waals surface area (Å²) in [6, 6.07) is 22.3. The lowest BCUT2D eigenvalue weighted by Crippen LogP contribution is -2.29. The summed E-state index contributed by atoms with van der Waals surface area (Å²) >= 11 is 0. The number of hydrogen-bond acceptors (Lipinski definition) is 2. The zero-order chi connectivity index (χ0) is 16.7. The van der Waals surface area contributed by atoms with E-state index in [0.29, 0.717) is 5.46 Å². The van der Waals surface area contributed by atoms with Gasteiger partial charge >= 0.3 is 7.12 Å². The van der Waals surface area contributed by atoms with Crippen LogP contribution in [0, 0.1) is 0 Å². The van der Waals surface area contributed by atoms with Crippen LogP contribution in [0.25, 0.3) is 32.9 Å². The number of para-hydroxylation sites is 1. The molecule has 24 heavy (non-hydrogen) atoms. The largest absolute Gasteiger partial charge is 0.488 e. The Morgan fingerprint density at radius 2 is 1.46 bits per heavy atom. The summed E-state index contributed by atoms with van der Waals surface area (Å²) in [5, 5.41) is 21.0. The maximum absolute atomic E-state index is 9.23. The van der Waals surface area contributed by atoms with Gasteiger partial charge in [-0.15, -0.1) is 0 Å². The summed E-state index contributed by atoms with van der Waals surface area (Å²) in [6.45, 7) is 3.10. The minimum atomic E-state index is -1.43. The van der Waals surface area contributed by atoms with Gasteiger partial charge in [-0.2, -0.15) is 0 Å². The second kappa shape index (κ2) is 5.82. The van der Waals surface area contributed by atoms with Crippen LogP contribution in [0.3, 0.4) is 0 Å². The van der Waals surface area contributed by atoms with Crippen molar-refractivity contribution >= 4 is 34.4 Å². The average Bonchev–Trinajstić information content (AvgIpc) is 2.95. The second-order valence-electron chi connectivity index (χ2n) is 5.99. The van der Waals surface area contributed by atoms with Gasteiger partial charge in [0.25, 0.3) is 0 Å². The minimum absolute atomic E-state index is 0.502. The molecule has 0 saturated heterocycles. The molecule has 0 atom stereocenters. The molecule has 0 unspecified atom stereocenters. The lowest BCUT2D eigenvalue weighted by Gasteiger charge is -2.06. The molecule has 0 bridgehead atoms. The highest BCUT2D eigenvalue weighted by molar-refractivity contribution is 6.58. The first-order chi connectivity index (χ1) is 11.7. The van der Waals surface area contributed by atoms with Crippen LogP contribution >= 0.6 is 0 Å². The van der Waals surface area contributed by atoms with Crippen molar-refractivity contribution in [3.05, 3.63) is 66.7 Å². The Morgan fingerprint density at radius 1 is 0.792 bits per heavy atom. The number of nitrogens with zero attached hydrogens (tertiary/aromatic N) is 1. The van der Waals surface area contributed by atoms with E-state index in [0.717, 1.165) is 17.7 Å². The van der Waals surface area contributed by atoms with E-state index in [4.69, 9.17) is 0 Å². The topological polar surface area (TPSA) is 45.4 Å². The van der Waals surface area contributed by atoms with Crippen LogP contribution in [0.15, 0.2) is 66.7 Å². The molecule has 2 N–H and O–H groups in total. The Hall–Kier alpha value is -2.56. The molecule has 118 valence electrons. The lowest BCUT2D eigenvalue weighted by molar-refractivity contribution is 0.426. The monoisotopic (exact) mass is 315 g/mol. The van der Waals surface area contributed by atoms with Gasteiger partial charge in [-0.05, 0) is 41.7 Å². The van der Waals surface area contributed by atoms with Crippen LogP contribution < -0.4 is 5.46 Å². The lowest BCUT2D eigenvalue weighted by atomic mass is 9.80. The van der Waals surface area contributed by atoms with Crippen molar-refractivity contribution in [3.63, 3.8) is 0 Å². The Kier molecular flexibility index (Phi) is 3.64. The van der Waals surface area contributed by atoms with E-state index < -0.39 is 7.12 Å². The first kappa shape index (κ1) is 15.0. The van der Waals surface area contributed by atoms with Gasteiger partial charge in [0.2, 0.25) is 0 Å². The molecule has 3 aromatic carbocycles. The van der Waals surface area contributed by atoms with Crippen LogP contribution in [0.4, 0.5) is 0 Å². The number of benzene rings is 3. The van der Waals surface area contributed by atoms with Gasteiger partial charge in [-0.3, -0.25) is 0 Å². The number of rotatable bonds is 3. The highest BCUT2D eigenvalue weighted by Gasteiger charge is 2.12. The molecular formula is C20H18BNO2. The molecule has 0 spiro atoms. The molecule has 0 aliphatic rings. The molecule has 3 nitrogen and oxygen atoms in total. The van der Waals surface area contributed by atoms with Gasteiger partial charge in [0, 0.05) is 28.4 Å². The fraction of sp³-hybridized carbons (Fsp3) is 0.100. The van der Waals surface area contributed by atoms with Crippen molar-refractivity contribution in [2.45, 2.75) is 13.5 Å². The highest BCUT2D eigenvalue weighted by atomic mass is 16.4. The third-order valence-corrected chi connectivity index (χ3v) is 4.63. The first-order valence-corrected chi connectivity index (χ1v) is 8.16. The van der Waals surface area contributed by atoms with E-state index in [-0.39, 0.29) is 0 Å². The van der Waals surface area contributed by atoms with E-state index in [9.17, 15) is 10.0 Å². The van der Waals surface area contributed by atoms with Crippen molar-refractivity contribution in [1.29, 1.82) is 0 Å². The summed E-state index contributed by atoms with van der Waals surface area (Å²) in [5.74, 6) is 0. The van der Waals surface area contributed by atoms with E-state index in [1.54, 1.807) is 12.1 Å². The molecular weight excluding hydrogens is 297 g/mol. The van der Waals surface area contributed by atoms with Crippen molar-refractivity contribution in [1.82, 2.24) is 4.57 Å². The van der Waals surface area contributed by atoms with Crippen LogP contribution in [0.1, 0.15) is 6.92 Å². The zero-order valence-corrected chi connectivity index (χ0v) is 13.5. The molecule has 0 amide bonds. The Morgan fingerprint density at radius 3 is 2.17 bits per heavy atom. The van der Waals surface area contributed by atoms with Gasteiger partial charge in [0.1, 0.15) is 0 Å². The molecule has 0 radical (unpaired) electrons. The zero-order valence-electron chi connectivity index (χ0n) is 13.5. The van der Waals surface area contributed by atoms with E-state index >= 15 is 0 Å². The summed E-state index contributed by atoms with van der Waals surface area (Å²) < 4.78 is 2.33. The van der Waals surface area contributed by atoms with Gasteiger partial charge in [0.05, 0.1) is 0 Å². The van der Waals surface area contributed by atoms with Crippen LogP contribution in [0.5, 0.6) is 0 Å². The summed E-state index contributed by atoms with van der Waals surface area (Å²) in [4.78, 5) is 0. The first-order valence-electron chi connectivity index (χ1n) is 8.16. The fourth-order valence-corrected chi connectivity index (χ4v) is 3.42. The maximum Gasteiger partial charge on any atom is 0.488 e. The SMILES string of the molecule is CCn1c2ccccc2c2cc(-c3ccc(B(O)O)cc3)ccc21. The van der Waals surface area contributed by atoms with Gasteiger partial charge in [0.15, 0.2) is 0 Å². The molecule has 4 heteroatoms. The minimum Gasteiger partial charge on any atom is -0.423 e. The van der Waals surface area contributed by atoms with E-state index in [1.165, 1.54) is 21.8 Å². The number of aromatic nitrogens is 1. The third kappa shape index (κ3) is 2.32. The van der Waals surface area contributed by atoms with Crippen LogP contribution in [-0.2, 0) is 6.54 Å². The van der Waals surface area contributed by atoms with Gasteiger partial charge in [-0.25, -0.2) is 0 Å². The number of hydrogen-bond donors (Lipinski definition) is 2. The average molecular weight is 315 g/mol. The highest BCUT2D eigenvalue weighted by Crippen LogP contribution is 2.32.